The molecule has 1 heterocycles. The maximum atomic E-state index is 11.9. The number of aromatic nitrogens is 1. The first kappa shape index (κ1) is 13.5. The van der Waals surface area contributed by atoms with Gasteiger partial charge in [-0.15, -0.1) is 0 Å². The van der Waals surface area contributed by atoms with Crippen LogP contribution in [0.2, 0.25) is 0 Å². The van der Waals surface area contributed by atoms with E-state index >= 15 is 0 Å². The Labute approximate surface area is 107 Å². The lowest BCUT2D eigenvalue weighted by Gasteiger charge is -2.08. The summed E-state index contributed by atoms with van der Waals surface area (Å²) in [4.78, 5) is 15.7. The third-order valence-corrected chi connectivity index (χ3v) is 2.47. The Bertz CT molecular complexity index is 590. The second-order valence-corrected chi connectivity index (χ2v) is 3.94. The fourth-order valence-electron chi connectivity index (χ4n) is 1.68. The highest BCUT2D eigenvalue weighted by Crippen LogP contribution is 2.18. The summed E-state index contributed by atoms with van der Waals surface area (Å²) in [6.07, 6.45) is -1.51. The number of pyridine rings is 1. The molecule has 100 valence electrons. The van der Waals surface area contributed by atoms with Crippen molar-refractivity contribution in [3.8, 4) is 0 Å². The number of carbonyl (C=O) groups is 1. The fraction of sp³-hybridized carbons (Fsp3) is 0.231. The monoisotopic (exact) mass is 269 g/mol. The van der Waals surface area contributed by atoms with Crippen molar-refractivity contribution in [2.75, 3.05) is 13.2 Å². The van der Waals surface area contributed by atoms with Crippen LogP contribution in [-0.2, 0) is 4.74 Å². The Morgan fingerprint density at radius 1 is 1.21 bits per heavy atom. The van der Waals surface area contributed by atoms with E-state index in [9.17, 15) is 18.0 Å². The zero-order chi connectivity index (χ0) is 13.9. The molecule has 0 radical (unpaired) electrons. The molecule has 0 aliphatic heterocycles. The molecule has 19 heavy (non-hydrogen) atoms. The molecule has 0 aliphatic carbocycles. The van der Waals surface area contributed by atoms with Gasteiger partial charge in [-0.2, -0.15) is 13.2 Å². The molecule has 1 aromatic heterocycles. The van der Waals surface area contributed by atoms with E-state index in [0.29, 0.717) is 5.39 Å². The predicted molar refractivity (Wildman–Crippen MR) is 62.9 cm³/mol. The SMILES string of the molecule is O=C(COCC(F)(F)F)c1cncc2ccccc12. The van der Waals surface area contributed by atoms with Crippen molar-refractivity contribution in [1.82, 2.24) is 4.98 Å². The summed E-state index contributed by atoms with van der Waals surface area (Å²) in [5.74, 6) is -0.520. The molecule has 0 spiro atoms. The minimum atomic E-state index is -4.43. The number of hydrogen-bond donors (Lipinski definition) is 0. The van der Waals surface area contributed by atoms with E-state index in [1.807, 2.05) is 0 Å². The van der Waals surface area contributed by atoms with Crippen LogP contribution in [0.4, 0.5) is 13.2 Å². The van der Waals surface area contributed by atoms with Crippen molar-refractivity contribution in [2.45, 2.75) is 6.18 Å². The summed E-state index contributed by atoms with van der Waals surface area (Å²) in [6, 6.07) is 7.03. The average molecular weight is 269 g/mol. The molecule has 2 rings (SSSR count). The van der Waals surface area contributed by atoms with Gasteiger partial charge in [-0.25, -0.2) is 0 Å². The summed E-state index contributed by atoms with van der Waals surface area (Å²) < 4.78 is 40.1. The number of Topliss-reactive ketones (excluding diaryl/α,β-unsaturated/α-hetero) is 1. The molecule has 0 fully saturated rings. The number of fused-ring (bicyclic) bond motifs is 1. The number of carbonyl (C=O) groups excluding carboxylic acids is 1. The Morgan fingerprint density at radius 3 is 2.68 bits per heavy atom. The number of halogens is 3. The Hall–Kier alpha value is -1.95. The van der Waals surface area contributed by atoms with Crippen LogP contribution in [0.5, 0.6) is 0 Å². The highest BCUT2D eigenvalue weighted by molar-refractivity contribution is 6.08. The minimum Gasteiger partial charge on any atom is -0.364 e. The molecule has 1 aromatic carbocycles. The van der Waals surface area contributed by atoms with Crippen LogP contribution in [0.1, 0.15) is 10.4 Å². The van der Waals surface area contributed by atoms with Gasteiger partial charge in [0.2, 0.25) is 0 Å². The standard InChI is InChI=1S/C13H10F3NO2/c14-13(15,16)8-19-7-12(18)11-6-17-5-9-3-1-2-4-10(9)11/h1-6H,7-8H2. The van der Waals surface area contributed by atoms with Crippen molar-refractivity contribution in [1.29, 1.82) is 0 Å². The van der Waals surface area contributed by atoms with Gasteiger partial charge >= 0.3 is 6.18 Å². The molecule has 0 atom stereocenters. The van der Waals surface area contributed by atoms with Crippen molar-refractivity contribution >= 4 is 16.6 Å². The highest BCUT2D eigenvalue weighted by atomic mass is 19.4. The molecule has 0 saturated heterocycles. The molecule has 0 N–H and O–H groups in total. The number of ether oxygens (including phenoxy) is 1. The van der Waals surface area contributed by atoms with Crippen molar-refractivity contribution < 1.29 is 22.7 Å². The van der Waals surface area contributed by atoms with Gasteiger partial charge in [-0.3, -0.25) is 9.78 Å². The number of ketones is 1. The van der Waals surface area contributed by atoms with Crippen LogP contribution in [0.25, 0.3) is 10.8 Å². The van der Waals surface area contributed by atoms with Crippen LogP contribution in [-0.4, -0.2) is 30.2 Å². The van der Waals surface area contributed by atoms with Crippen LogP contribution in [0.3, 0.4) is 0 Å². The maximum Gasteiger partial charge on any atom is 0.411 e. The summed E-state index contributed by atoms with van der Waals surface area (Å²) in [6.45, 7) is -2.05. The van der Waals surface area contributed by atoms with Gasteiger partial charge in [0, 0.05) is 23.3 Å². The topological polar surface area (TPSA) is 39.2 Å². The van der Waals surface area contributed by atoms with Crippen LogP contribution < -0.4 is 0 Å². The predicted octanol–water partition coefficient (Wildman–Crippen LogP) is 3.00. The smallest absolute Gasteiger partial charge is 0.364 e. The molecule has 0 saturated carbocycles. The molecule has 0 unspecified atom stereocenters. The first-order chi connectivity index (χ1) is 8.97. The summed E-state index contributed by atoms with van der Waals surface area (Å²) in [5, 5.41) is 1.40. The molecule has 6 heteroatoms. The van der Waals surface area contributed by atoms with Crippen molar-refractivity contribution in [2.24, 2.45) is 0 Å². The molecule has 0 bridgehead atoms. The van der Waals surface area contributed by atoms with Gasteiger partial charge in [0.1, 0.15) is 13.2 Å². The first-order valence-electron chi connectivity index (χ1n) is 5.48. The number of nitrogens with zero attached hydrogens (tertiary/aromatic N) is 1. The molecule has 0 aliphatic rings. The quantitative estimate of drug-likeness (QED) is 0.801. The van der Waals surface area contributed by atoms with Gasteiger partial charge in [-0.05, 0) is 5.39 Å². The van der Waals surface area contributed by atoms with Crippen molar-refractivity contribution in [3.05, 3.63) is 42.2 Å². The second-order valence-electron chi connectivity index (χ2n) is 3.94. The largest absolute Gasteiger partial charge is 0.411 e. The summed E-state index contributed by atoms with van der Waals surface area (Å²) >= 11 is 0. The van der Waals surface area contributed by atoms with E-state index in [1.165, 1.54) is 6.20 Å². The number of rotatable bonds is 4. The van der Waals surface area contributed by atoms with Crippen LogP contribution in [0.15, 0.2) is 36.7 Å². The molecule has 0 amide bonds. The molecular formula is C13H10F3NO2. The Kier molecular flexibility index (Phi) is 3.80. The van der Waals surface area contributed by atoms with E-state index in [4.69, 9.17) is 0 Å². The lowest BCUT2D eigenvalue weighted by atomic mass is 10.1. The third kappa shape index (κ3) is 3.51. The van der Waals surface area contributed by atoms with Gasteiger partial charge in [0.05, 0.1) is 0 Å². The van der Waals surface area contributed by atoms with Crippen LogP contribution >= 0.6 is 0 Å². The lowest BCUT2D eigenvalue weighted by Crippen LogP contribution is -2.20. The molecule has 3 nitrogen and oxygen atoms in total. The number of hydrogen-bond acceptors (Lipinski definition) is 3. The number of alkyl halides is 3. The second kappa shape index (κ2) is 5.36. The van der Waals surface area contributed by atoms with Gasteiger partial charge in [0.15, 0.2) is 5.78 Å². The normalized spacial score (nSPS) is 11.7. The first-order valence-corrected chi connectivity index (χ1v) is 5.48. The van der Waals surface area contributed by atoms with E-state index in [2.05, 4.69) is 9.72 Å². The van der Waals surface area contributed by atoms with E-state index in [0.717, 1.165) is 5.39 Å². The molecular weight excluding hydrogens is 259 g/mol. The van der Waals surface area contributed by atoms with E-state index in [1.54, 1.807) is 30.5 Å². The number of benzene rings is 1. The average Bonchev–Trinajstić information content (AvgIpc) is 2.36. The van der Waals surface area contributed by atoms with Crippen LogP contribution in [0, 0.1) is 0 Å². The lowest BCUT2D eigenvalue weighted by molar-refractivity contribution is -0.170. The zero-order valence-corrected chi connectivity index (χ0v) is 9.78. The summed E-state index contributed by atoms with van der Waals surface area (Å²) in [5.41, 5.74) is 0.264. The Balaban J connectivity index is 2.14. The highest BCUT2D eigenvalue weighted by Gasteiger charge is 2.28. The third-order valence-electron chi connectivity index (χ3n) is 2.47. The summed E-state index contributed by atoms with van der Waals surface area (Å²) in [7, 11) is 0. The van der Waals surface area contributed by atoms with E-state index < -0.39 is 25.2 Å². The maximum absolute atomic E-state index is 11.9. The Morgan fingerprint density at radius 2 is 1.95 bits per heavy atom. The molecule has 2 aromatic rings. The minimum absolute atomic E-state index is 0.264. The fourth-order valence-corrected chi connectivity index (χ4v) is 1.68. The zero-order valence-electron chi connectivity index (χ0n) is 9.78. The van der Waals surface area contributed by atoms with Gasteiger partial charge < -0.3 is 4.74 Å². The van der Waals surface area contributed by atoms with Crippen molar-refractivity contribution in [3.63, 3.8) is 0 Å². The van der Waals surface area contributed by atoms with E-state index in [-0.39, 0.29) is 5.56 Å². The van der Waals surface area contributed by atoms with Gasteiger partial charge in [-0.1, -0.05) is 24.3 Å². The van der Waals surface area contributed by atoms with Gasteiger partial charge in [0.25, 0.3) is 0 Å².